The Labute approximate surface area is 64.5 Å². The smallest absolute Gasteiger partial charge is 0.304 e. The minimum absolute atomic E-state index is 0.0947. The number of epoxide rings is 1. The van der Waals surface area contributed by atoms with Gasteiger partial charge in [-0.3, -0.25) is 0 Å². The predicted molar refractivity (Wildman–Crippen MR) is 35.5 cm³/mol. The van der Waals surface area contributed by atoms with Crippen LogP contribution in [0.15, 0.2) is 0 Å². The summed E-state index contributed by atoms with van der Waals surface area (Å²) in [6.07, 6.45) is 0.0947. The van der Waals surface area contributed by atoms with Crippen molar-refractivity contribution in [3.63, 3.8) is 0 Å². The molecular formula is C5H9FO4S. The summed E-state index contributed by atoms with van der Waals surface area (Å²) in [5.41, 5.74) is 0. The van der Waals surface area contributed by atoms with E-state index in [0.717, 1.165) is 0 Å². The maximum absolute atomic E-state index is 11.8. The Morgan fingerprint density at radius 2 is 2.27 bits per heavy atom. The highest BCUT2D eigenvalue weighted by atomic mass is 32.3. The summed E-state index contributed by atoms with van der Waals surface area (Å²) in [6, 6.07) is 0. The van der Waals surface area contributed by atoms with Gasteiger partial charge in [-0.15, -0.1) is 3.89 Å². The Kier molecular flexibility index (Phi) is 2.80. The summed E-state index contributed by atoms with van der Waals surface area (Å²) in [5, 5.41) is 0. The molecule has 0 aromatic carbocycles. The van der Waals surface area contributed by atoms with Crippen LogP contribution in [0.3, 0.4) is 0 Å². The van der Waals surface area contributed by atoms with Crippen molar-refractivity contribution in [2.24, 2.45) is 0 Å². The molecule has 0 radical (unpaired) electrons. The maximum atomic E-state index is 11.8. The number of rotatable bonds is 5. The third kappa shape index (κ3) is 5.11. The number of hydrogen-bond donors (Lipinski definition) is 0. The molecule has 0 amide bonds. The molecule has 1 saturated heterocycles. The third-order valence-corrected chi connectivity index (χ3v) is 1.83. The maximum Gasteiger partial charge on any atom is 0.304 e. The van der Waals surface area contributed by atoms with E-state index in [0.29, 0.717) is 13.2 Å². The van der Waals surface area contributed by atoms with Crippen molar-refractivity contribution in [3.8, 4) is 0 Å². The molecule has 0 N–H and O–H groups in total. The van der Waals surface area contributed by atoms with Gasteiger partial charge in [0.25, 0.3) is 0 Å². The van der Waals surface area contributed by atoms with Crippen LogP contribution in [0.4, 0.5) is 3.89 Å². The number of halogens is 1. The molecule has 0 spiro atoms. The van der Waals surface area contributed by atoms with Crippen molar-refractivity contribution in [2.75, 3.05) is 25.6 Å². The summed E-state index contributed by atoms with van der Waals surface area (Å²) in [4.78, 5) is 0. The lowest BCUT2D eigenvalue weighted by atomic mass is 10.5. The highest BCUT2D eigenvalue weighted by Crippen LogP contribution is 2.08. The number of ether oxygens (including phenoxy) is 2. The zero-order valence-corrected chi connectivity index (χ0v) is 6.64. The monoisotopic (exact) mass is 184 g/mol. The highest BCUT2D eigenvalue weighted by molar-refractivity contribution is 7.86. The fourth-order valence-electron chi connectivity index (χ4n) is 0.538. The minimum atomic E-state index is -4.37. The van der Waals surface area contributed by atoms with Crippen molar-refractivity contribution in [1.82, 2.24) is 0 Å². The van der Waals surface area contributed by atoms with E-state index < -0.39 is 16.0 Å². The molecule has 1 fully saturated rings. The Hall–Kier alpha value is -0.200. The normalized spacial score (nSPS) is 23.5. The zero-order valence-electron chi connectivity index (χ0n) is 5.82. The van der Waals surface area contributed by atoms with Crippen LogP contribution in [0.2, 0.25) is 0 Å². The number of hydrogen-bond acceptors (Lipinski definition) is 4. The first-order valence-corrected chi connectivity index (χ1v) is 4.75. The van der Waals surface area contributed by atoms with E-state index in [1.165, 1.54) is 0 Å². The molecule has 4 nitrogen and oxygen atoms in total. The van der Waals surface area contributed by atoms with E-state index in [-0.39, 0.29) is 12.7 Å². The van der Waals surface area contributed by atoms with Crippen LogP contribution in [-0.2, 0) is 19.7 Å². The average molecular weight is 184 g/mol. The molecule has 1 unspecified atom stereocenters. The van der Waals surface area contributed by atoms with Crippen molar-refractivity contribution in [1.29, 1.82) is 0 Å². The first kappa shape index (κ1) is 8.89. The SMILES string of the molecule is O=S(=O)(F)CCOCC1CO1. The Balaban J connectivity index is 1.95. The molecule has 0 aromatic heterocycles. The Morgan fingerprint density at radius 1 is 1.64 bits per heavy atom. The van der Waals surface area contributed by atoms with Gasteiger partial charge in [0.05, 0.1) is 19.8 Å². The second kappa shape index (κ2) is 3.46. The molecule has 0 aliphatic carbocycles. The molecule has 1 rings (SSSR count). The predicted octanol–water partition coefficient (Wildman–Crippen LogP) is -0.299. The van der Waals surface area contributed by atoms with Gasteiger partial charge in [0.15, 0.2) is 0 Å². The van der Waals surface area contributed by atoms with Gasteiger partial charge in [-0.2, -0.15) is 8.42 Å². The summed E-state index contributed by atoms with van der Waals surface area (Å²) >= 11 is 0. The fourth-order valence-corrected chi connectivity index (χ4v) is 0.854. The van der Waals surface area contributed by atoms with Gasteiger partial charge in [-0.25, -0.2) is 0 Å². The molecule has 1 heterocycles. The van der Waals surface area contributed by atoms with Gasteiger partial charge < -0.3 is 9.47 Å². The lowest BCUT2D eigenvalue weighted by Crippen LogP contribution is -2.10. The van der Waals surface area contributed by atoms with Gasteiger partial charge in [0, 0.05) is 0 Å². The molecule has 0 aromatic rings. The van der Waals surface area contributed by atoms with Gasteiger partial charge in [0.2, 0.25) is 0 Å². The quantitative estimate of drug-likeness (QED) is 0.334. The lowest BCUT2D eigenvalue weighted by Gasteiger charge is -1.97. The van der Waals surface area contributed by atoms with Gasteiger partial charge >= 0.3 is 10.2 Å². The standard InChI is InChI=1S/C5H9FO4S/c6-11(7,8)2-1-9-3-5-4-10-5/h5H,1-4H2. The van der Waals surface area contributed by atoms with Crippen LogP contribution in [0.25, 0.3) is 0 Å². The van der Waals surface area contributed by atoms with E-state index >= 15 is 0 Å². The van der Waals surface area contributed by atoms with Gasteiger partial charge in [-0.1, -0.05) is 0 Å². The minimum Gasteiger partial charge on any atom is -0.378 e. The van der Waals surface area contributed by atoms with E-state index in [1.54, 1.807) is 0 Å². The molecular weight excluding hydrogens is 175 g/mol. The first-order valence-electron chi connectivity index (χ1n) is 3.19. The largest absolute Gasteiger partial charge is 0.378 e. The topological polar surface area (TPSA) is 55.9 Å². The van der Waals surface area contributed by atoms with Gasteiger partial charge in [0.1, 0.15) is 11.9 Å². The molecule has 0 saturated carbocycles. The third-order valence-electron chi connectivity index (χ3n) is 1.18. The van der Waals surface area contributed by atoms with Crippen LogP contribution in [0, 0.1) is 0 Å². The summed E-state index contributed by atoms with van der Waals surface area (Å²) in [5.74, 6) is -0.570. The van der Waals surface area contributed by atoms with Crippen LogP contribution in [-0.4, -0.2) is 40.1 Å². The molecule has 6 heteroatoms. The second-order valence-electron chi connectivity index (χ2n) is 2.27. The van der Waals surface area contributed by atoms with Crippen LogP contribution < -0.4 is 0 Å². The van der Waals surface area contributed by atoms with E-state index in [1.807, 2.05) is 0 Å². The first-order chi connectivity index (χ1) is 5.08. The van der Waals surface area contributed by atoms with Crippen molar-refractivity contribution >= 4 is 10.2 Å². The van der Waals surface area contributed by atoms with E-state index in [9.17, 15) is 12.3 Å². The molecule has 66 valence electrons. The lowest BCUT2D eigenvalue weighted by molar-refractivity contribution is 0.129. The summed E-state index contributed by atoms with van der Waals surface area (Å²) < 4.78 is 41.2. The van der Waals surface area contributed by atoms with Crippen molar-refractivity contribution in [2.45, 2.75) is 6.10 Å². The average Bonchev–Trinajstić information content (AvgIpc) is 2.60. The summed E-state index contributed by atoms with van der Waals surface area (Å²) in [6.45, 7) is 0.913. The molecule has 1 aliphatic rings. The molecule has 1 aliphatic heterocycles. The Morgan fingerprint density at radius 3 is 2.73 bits per heavy atom. The van der Waals surface area contributed by atoms with Crippen molar-refractivity contribution in [3.05, 3.63) is 0 Å². The molecule has 11 heavy (non-hydrogen) atoms. The van der Waals surface area contributed by atoms with E-state index in [4.69, 9.17) is 9.47 Å². The van der Waals surface area contributed by atoms with Crippen LogP contribution in [0.5, 0.6) is 0 Å². The van der Waals surface area contributed by atoms with Crippen LogP contribution >= 0.6 is 0 Å². The van der Waals surface area contributed by atoms with E-state index in [2.05, 4.69) is 0 Å². The van der Waals surface area contributed by atoms with Crippen molar-refractivity contribution < 1.29 is 21.8 Å². The Bertz CT molecular complexity index is 209. The van der Waals surface area contributed by atoms with Gasteiger partial charge in [-0.05, 0) is 0 Å². The summed E-state index contributed by atoms with van der Waals surface area (Å²) in [7, 11) is -4.37. The zero-order chi connectivity index (χ0) is 8.32. The molecule has 1 atom stereocenters. The second-order valence-corrected chi connectivity index (χ2v) is 3.76. The van der Waals surface area contributed by atoms with Crippen LogP contribution in [0.1, 0.15) is 0 Å². The molecule has 0 bridgehead atoms. The highest BCUT2D eigenvalue weighted by Gasteiger charge is 2.22. The fraction of sp³-hybridized carbons (Fsp3) is 1.00.